The topological polar surface area (TPSA) is 44.1 Å². The van der Waals surface area contributed by atoms with Crippen LogP contribution in [0.3, 0.4) is 0 Å². The molecule has 0 aliphatic carbocycles. The predicted octanol–water partition coefficient (Wildman–Crippen LogP) is 7.32. The van der Waals surface area contributed by atoms with Gasteiger partial charge in [0.2, 0.25) is 0 Å². The molecule has 3 aromatic carbocycles. The van der Waals surface area contributed by atoms with Crippen molar-refractivity contribution < 1.29 is 4.74 Å². The molecule has 1 heterocycles. The van der Waals surface area contributed by atoms with Crippen LogP contribution in [0.15, 0.2) is 71.5 Å². The van der Waals surface area contributed by atoms with E-state index in [2.05, 4.69) is 0 Å². The Morgan fingerprint density at radius 1 is 0.909 bits per heavy atom. The molecule has 0 spiro atoms. The molecule has 4 rings (SSSR count). The van der Waals surface area contributed by atoms with Gasteiger partial charge in [0.25, 0.3) is 5.56 Å². The Morgan fingerprint density at radius 3 is 2.45 bits per heavy atom. The van der Waals surface area contributed by atoms with Gasteiger partial charge in [-0.3, -0.25) is 9.36 Å². The van der Waals surface area contributed by atoms with Gasteiger partial charge in [-0.05, 0) is 79.9 Å². The van der Waals surface area contributed by atoms with Crippen LogP contribution in [0.5, 0.6) is 5.75 Å². The highest BCUT2D eigenvalue weighted by Crippen LogP contribution is 2.23. The molecule has 33 heavy (non-hydrogen) atoms. The third-order valence-corrected chi connectivity index (χ3v) is 6.31. The van der Waals surface area contributed by atoms with E-state index in [1.54, 1.807) is 4.57 Å². The summed E-state index contributed by atoms with van der Waals surface area (Å²) in [4.78, 5) is 18.0. The smallest absolute Gasteiger partial charge is 0.261 e. The zero-order valence-electron chi connectivity index (χ0n) is 18.6. The third-order valence-electron chi connectivity index (χ3n) is 5.64. The van der Waals surface area contributed by atoms with Gasteiger partial charge < -0.3 is 4.74 Å². The van der Waals surface area contributed by atoms with E-state index in [0.717, 1.165) is 47.6 Å². The summed E-state index contributed by atoms with van der Waals surface area (Å²) in [5.74, 6) is 1.52. The number of hydrogen-bond acceptors (Lipinski definition) is 3. The number of unbranched alkanes of at least 4 members (excludes halogenated alkanes) is 3. The molecule has 0 N–H and O–H groups in total. The molecule has 4 nitrogen and oxygen atoms in total. The third kappa shape index (κ3) is 5.76. The first kappa shape index (κ1) is 23.3. The fraction of sp³-hybridized carbons (Fsp3) is 0.259. The molecule has 170 valence electrons. The van der Waals surface area contributed by atoms with Gasteiger partial charge in [-0.15, -0.1) is 0 Å². The molecule has 0 aliphatic heterocycles. The van der Waals surface area contributed by atoms with Crippen molar-refractivity contribution in [2.45, 2.75) is 39.2 Å². The Labute approximate surface area is 203 Å². The maximum Gasteiger partial charge on any atom is 0.261 e. The maximum absolute atomic E-state index is 13.2. The predicted molar refractivity (Wildman–Crippen MR) is 137 cm³/mol. The monoisotopic (exact) mass is 480 g/mol. The van der Waals surface area contributed by atoms with Crippen molar-refractivity contribution >= 4 is 34.1 Å². The number of halogens is 2. The Hall–Kier alpha value is -2.82. The van der Waals surface area contributed by atoms with E-state index in [1.165, 1.54) is 0 Å². The number of nitrogens with zero attached hydrogens (tertiary/aromatic N) is 2. The molecular formula is C27H26Cl2N2O2. The molecule has 0 amide bonds. The summed E-state index contributed by atoms with van der Waals surface area (Å²) < 4.78 is 7.62. The van der Waals surface area contributed by atoms with Crippen molar-refractivity contribution in [1.82, 2.24) is 9.55 Å². The Kier molecular flexibility index (Phi) is 7.69. The minimum atomic E-state index is -0.00742. The molecule has 1 aromatic heterocycles. The number of aromatic nitrogens is 2. The summed E-state index contributed by atoms with van der Waals surface area (Å²) in [6, 6.07) is 20.7. The summed E-state index contributed by atoms with van der Waals surface area (Å²) in [5, 5.41) is 2.05. The van der Waals surface area contributed by atoms with E-state index in [1.807, 2.05) is 73.7 Å². The first-order valence-electron chi connectivity index (χ1n) is 11.2. The lowest BCUT2D eigenvalue weighted by molar-refractivity contribution is 0.304. The molecule has 0 atom stereocenters. The molecule has 0 radical (unpaired) electrons. The van der Waals surface area contributed by atoms with Gasteiger partial charge in [0, 0.05) is 22.2 Å². The van der Waals surface area contributed by atoms with Gasteiger partial charge in [-0.1, -0.05) is 48.2 Å². The van der Waals surface area contributed by atoms with Crippen LogP contribution in [-0.2, 0) is 6.54 Å². The summed E-state index contributed by atoms with van der Waals surface area (Å²) in [5.41, 5.74) is 2.60. The van der Waals surface area contributed by atoms with Crippen molar-refractivity contribution in [2.24, 2.45) is 0 Å². The van der Waals surface area contributed by atoms with E-state index < -0.39 is 0 Å². The number of rotatable bonds is 9. The summed E-state index contributed by atoms with van der Waals surface area (Å²) in [6.07, 6.45) is 3.87. The lowest BCUT2D eigenvalue weighted by atomic mass is 10.1. The average Bonchev–Trinajstić information content (AvgIpc) is 2.82. The molecular weight excluding hydrogens is 455 g/mol. The molecule has 0 saturated carbocycles. The van der Waals surface area contributed by atoms with Gasteiger partial charge in [-0.25, -0.2) is 4.98 Å². The molecule has 0 fully saturated rings. The van der Waals surface area contributed by atoms with Crippen molar-refractivity contribution in [3.05, 3.63) is 92.7 Å². The summed E-state index contributed by atoms with van der Waals surface area (Å²) in [6.45, 7) is 3.25. The van der Waals surface area contributed by atoms with Crippen LogP contribution in [0.25, 0.3) is 22.3 Å². The molecule has 0 unspecified atom stereocenters. The van der Waals surface area contributed by atoms with Crippen LogP contribution < -0.4 is 10.3 Å². The quantitative estimate of drug-likeness (QED) is 0.235. The van der Waals surface area contributed by atoms with Gasteiger partial charge in [-0.2, -0.15) is 0 Å². The van der Waals surface area contributed by atoms with E-state index >= 15 is 0 Å². The lowest BCUT2D eigenvalue weighted by Crippen LogP contribution is -2.23. The van der Waals surface area contributed by atoms with Crippen LogP contribution in [0.1, 0.15) is 31.2 Å². The maximum atomic E-state index is 13.2. The number of benzene rings is 3. The fourth-order valence-electron chi connectivity index (χ4n) is 3.82. The van der Waals surface area contributed by atoms with Crippen molar-refractivity contribution in [2.75, 3.05) is 6.61 Å². The number of aryl methyl sites for hydroxylation is 1. The van der Waals surface area contributed by atoms with Crippen LogP contribution in [0.2, 0.25) is 10.0 Å². The first-order chi connectivity index (χ1) is 16.0. The van der Waals surface area contributed by atoms with Crippen LogP contribution in [-0.4, -0.2) is 16.2 Å². The molecule has 6 heteroatoms. The molecule has 0 bridgehead atoms. The number of fused-ring (bicyclic) bond motifs is 1. The van der Waals surface area contributed by atoms with Crippen molar-refractivity contribution in [3.63, 3.8) is 0 Å². The Balaban J connectivity index is 1.39. The van der Waals surface area contributed by atoms with Crippen LogP contribution in [0.4, 0.5) is 0 Å². The average molecular weight is 481 g/mol. The summed E-state index contributed by atoms with van der Waals surface area (Å²) >= 11 is 12.1. The molecule has 0 saturated heterocycles. The standard InChI is InChI=1S/C27H26Cl2N2O2/c1-19-18-22(14-15-24(19)29)33-17-7-3-2-6-16-31-26(20-10-12-21(28)13-11-20)30-25-9-5-4-8-23(25)27(31)32/h4-5,8-15,18H,2-3,6-7,16-17H2,1H3. The second-order valence-electron chi connectivity index (χ2n) is 8.09. The largest absolute Gasteiger partial charge is 0.494 e. The summed E-state index contributed by atoms with van der Waals surface area (Å²) in [7, 11) is 0. The minimum absolute atomic E-state index is 0.00742. The van der Waals surface area contributed by atoms with E-state index in [4.69, 9.17) is 32.9 Å². The highest BCUT2D eigenvalue weighted by molar-refractivity contribution is 6.31. The normalized spacial score (nSPS) is 11.1. The number of hydrogen-bond donors (Lipinski definition) is 0. The van der Waals surface area contributed by atoms with Gasteiger partial charge in [0.1, 0.15) is 11.6 Å². The highest BCUT2D eigenvalue weighted by Gasteiger charge is 2.12. The van der Waals surface area contributed by atoms with Crippen LogP contribution >= 0.6 is 23.2 Å². The Bertz CT molecular complexity index is 1300. The number of para-hydroxylation sites is 1. The van der Waals surface area contributed by atoms with Gasteiger partial charge in [0.05, 0.1) is 17.5 Å². The van der Waals surface area contributed by atoms with Crippen LogP contribution in [0, 0.1) is 6.92 Å². The zero-order chi connectivity index (χ0) is 23.2. The van der Waals surface area contributed by atoms with E-state index in [-0.39, 0.29) is 5.56 Å². The molecule has 0 aliphatic rings. The van der Waals surface area contributed by atoms with E-state index in [0.29, 0.717) is 34.9 Å². The fourth-order valence-corrected chi connectivity index (χ4v) is 4.06. The zero-order valence-corrected chi connectivity index (χ0v) is 20.1. The SMILES string of the molecule is Cc1cc(OCCCCCCn2c(-c3ccc(Cl)cc3)nc3ccccc3c2=O)ccc1Cl. The Morgan fingerprint density at radius 2 is 1.67 bits per heavy atom. The second-order valence-corrected chi connectivity index (χ2v) is 8.93. The van der Waals surface area contributed by atoms with Crippen molar-refractivity contribution in [3.8, 4) is 17.1 Å². The molecule has 4 aromatic rings. The lowest BCUT2D eigenvalue weighted by Gasteiger charge is -2.14. The van der Waals surface area contributed by atoms with Gasteiger partial charge >= 0.3 is 0 Å². The first-order valence-corrected chi connectivity index (χ1v) is 11.9. The number of ether oxygens (including phenoxy) is 1. The second kappa shape index (κ2) is 10.9. The van der Waals surface area contributed by atoms with Gasteiger partial charge in [0.15, 0.2) is 0 Å². The highest BCUT2D eigenvalue weighted by atomic mass is 35.5. The van der Waals surface area contributed by atoms with Crippen molar-refractivity contribution in [1.29, 1.82) is 0 Å². The minimum Gasteiger partial charge on any atom is -0.494 e. The van der Waals surface area contributed by atoms with E-state index in [9.17, 15) is 4.79 Å².